The number of hydrogen-bond donors (Lipinski definition) is 1. The summed E-state index contributed by atoms with van der Waals surface area (Å²) in [7, 11) is 0. The zero-order valence-corrected chi connectivity index (χ0v) is 16.8. The van der Waals surface area contributed by atoms with Crippen LogP contribution in [0.4, 0.5) is 5.69 Å². The Morgan fingerprint density at radius 3 is 2.48 bits per heavy atom. The number of ether oxygens (including phenoxy) is 2. The minimum Gasteiger partial charge on any atom is -0.454 e. The smallest absolute Gasteiger partial charge is 0.255 e. The summed E-state index contributed by atoms with van der Waals surface area (Å²) in [5.41, 5.74) is 1.87. The van der Waals surface area contributed by atoms with Crippen molar-refractivity contribution in [2.75, 3.05) is 12.1 Å². The molecule has 1 aliphatic heterocycles. The molecule has 31 heavy (non-hydrogen) atoms. The van der Waals surface area contributed by atoms with Gasteiger partial charge in [0.1, 0.15) is 11.6 Å². The monoisotopic (exact) mass is 430 g/mol. The number of carbonyl (C=O) groups is 2. The predicted octanol–water partition coefficient (Wildman–Crippen LogP) is 5.11. The molecule has 0 saturated heterocycles. The number of nitrogens with one attached hydrogen (secondary N) is 1. The van der Waals surface area contributed by atoms with E-state index in [1.54, 1.807) is 66.7 Å². The summed E-state index contributed by atoms with van der Waals surface area (Å²) in [6.07, 6.45) is 1.48. The predicted molar refractivity (Wildman–Crippen MR) is 116 cm³/mol. The Morgan fingerprint density at radius 1 is 0.968 bits per heavy atom. The van der Waals surface area contributed by atoms with Crippen LogP contribution in [-0.2, 0) is 0 Å². The fourth-order valence-corrected chi connectivity index (χ4v) is 3.15. The van der Waals surface area contributed by atoms with E-state index in [4.69, 9.17) is 21.1 Å². The lowest BCUT2D eigenvalue weighted by Crippen LogP contribution is -2.11. The van der Waals surface area contributed by atoms with E-state index in [-0.39, 0.29) is 18.3 Å². The molecule has 152 valence electrons. The molecule has 1 amide bonds. The maximum atomic E-state index is 12.8. The minimum atomic E-state index is -0.434. The summed E-state index contributed by atoms with van der Waals surface area (Å²) in [6.45, 7) is 0.0997. The second-order valence-electron chi connectivity index (χ2n) is 6.65. The van der Waals surface area contributed by atoms with Crippen molar-refractivity contribution in [3.05, 3.63) is 94.0 Å². The third-order valence-corrected chi connectivity index (χ3v) is 4.81. The molecule has 1 heterocycles. The number of Topliss-reactive ketones (excluding diaryl/α,β-unsaturated/α-hetero) is 1. The number of anilines is 1. The first-order valence-corrected chi connectivity index (χ1v) is 9.64. The van der Waals surface area contributed by atoms with E-state index in [0.717, 1.165) is 0 Å². The molecule has 0 radical (unpaired) electrons. The van der Waals surface area contributed by atoms with Gasteiger partial charge in [0.2, 0.25) is 12.6 Å². The summed E-state index contributed by atoms with van der Waals surface area (Å²) >= 11 is 5.85. The number of rotatable bonds is 5. The van der Waals surface area contributed by atoms with E-state index < -0.39 is 5.78 Å². The van der Waals surface area contributed by atoms with Gasteiger partial charge in [0.25, 0.3) is 5.91 Å². The Hall–Kier alpha value is -4.08. The Kier molecular flexibility index (Phi) is 5.69. The molecule has 3 aromatic rings. The molecule has 3 aromatic carbocycles. The van der Waals surface area contributed by atoms with E-state index in [0.29, 0.717) is 38.9 Å². The van der Waals surface area contributed by atoms with E-state index >= 15 is 0 Å². The zero-order chi connectivity index (χ0) is 21.8. The van der Waals surface area contributed by atoms with Gasteiger partial charge in [-0.05, 0) is 66.2 Å². The van der Waals surface area contributed by atoms with Gasteiger partial charge < -0.3 is 14.8 Å². The van der Waals surface area contributed by atoms with Gasteiger partial charge >= 0.3 is 0 Å². The van der Waals surface area contributed by atoms with Gasteiger partial charge in [-0.2, -0.15) is 5.26 Å². The van der Waals surface area contributed by atoms with Crippen molar-refractivity contribution in [3.8, 4) is 17.6 Å². The lowest BCUT2D eigenvalue weighted by Gasteiger charge is -2.07. The van der Waals surface area contributed by atoms with Gasteiger partial charge in [0, 0.05) is 21.8 Å². The highest BCUT2D eigenvalue weighted by molar-refractivity contribution is 6.30. The van der Waals surface area contributed by atoms with Crippen molar-refractivity contribution in [1.82, 2.24) is 0 Å². The lowest BCUT2D eigenvalue weighted by atomic mass is 10.0. The number of nitrogens with zero attached hydrogens (tertiary/aromatic N) is 1. The second-order valence-corrected chi connectivity index (χ2v) is 7.09. The molecular weight excluding hydrogens is 416 g/mol. The third-order valence-electron chi connectivity index (χ3n) is 4.56. The Balaban J connectivity index is 1.54. The molecule has 1 N–H and O–H groups in total. The summed E-state index contributed by atoms with van der Waals surface area (Å²) in [5.74, 6) is 0.296. The number of benzene rings is 3. The Morgan fingerprint density at radius 2 is 1.71 bits per heavy atom. The SMILES string of the molecule is N#C/C(=C/c1cccc(NC(=O)c2ccc(Cl)cc2)c1)C(=O)c1ccc2c(c1)OCO2. The van der Waals surface area contributed by atoms with Crippen molar-refractivity contribution in [2.45, 2.75) is 0 Å². The van der Waals surface area contributed by atoms with Gasteiger partial charge in [-0.3, -0.25) is 9.59 Å². The van der Waals surface area contributed by atoms with Crippen LogP contribution in [-0.4, -0.2) is 18.5 Å². The average molecular weight is 431 g/mol. The number of amides is 1. The van der Waals surface area contributed by atoms with E-state index in [1.165, 1.54) is 6.08 Å². The molecule has 0 spiro atoms. The third kappa shape index (κ3) is 4.58. The van der Waals surface area contributed by atoms with Crippen LogP contribution in [0.3, 0.4) is 0 Å². The minimum absolute atomic E-state index is 0.0416. The number of nitriles is 1. The molecule has 7 heteroatoms. The van der Waals surface area contributed by atoms with Crippen molar-refractivity contribution >= 4 is 35.1 Å². The van der Waals surface area contributed by atoms with Gasteiger partial charge in [0.05, 0.1) is 0 Å². The van der Waals surface area contributed by atoms with Crippen LogP contribution in [0, 0.1) is 11.3 Å². The van der Waals surface area contributed by atoms with Crippen molar-refractivity contribution in [1.29, 1.82) is 5.26 Å². The van der Waals surface area contributed by atoms with Crippen LogP contribution in [0.1, 0.15) is 26.3 Å². The maximum Gasteiger partial charge on any atom is 0.255 e. The zero-order valence-electron chi connectivity index (χ0n) is 16.1. The molecule has 0 fully saturated rings. The molecule has 0 unspecified atom stereocenters. The number of ketones is 1. The number of halogens is 1. The first kappa shape index (κ1) is 20.2. The molecule has 0 aromatic heterocycles. The highest BCUT2D eigenvalue weighted by Crippen LogP contribution is 2.33. The second kappa shape index (κ2) is 8.74. The molecule has 4 rings (SSSR count). The number of allylic oxidation sites excluding steroid dienone is 1. The largest absolute Gasteiger partial charge is 0.454 e. The molecule has 0 saturated carbocycles. The van der Waals surface area contributed by atoms with Crippen LogP contribution in [0.5, 0.6) is 11.5 Å². The molecule has 0 bridgehead atoms. The van der Waals surface area contributed by atoms with Gasteiger partial charge in [-0.25, -0.2) is 0 Å². The molecule has 6 nitrogen and oxygen atoms in total. The van der Waals surface area contributed by atoms with Crippen LogP contribution >= 0.6 is 11.6 Å². The highest BCUT2D eigenvalue weighted by atomic mass is 35.5. The van der Waals surface area contributed by atoms with Gasteiger partial charge in [-0.1, -0.05) is 23.7 Å². The first-order valence-electron chi connectivity index (χ1n) is 9.26. The quantitative estimate of drug-likeness (QED) is 0.345. The molecule has 0 atom stereocenters. The Labute approximate surface area is 183 Å². The van der Waals surface area contributed by atoms with Crippen LogP contribution in [0.2, 0.25) is 5.02 Å². The fraction of sp³-hybridized carbons (Fsp3) is 0.0417. The number of hydrogen-bond acceptors (Lipinski definition) is 5. The molecular formula is C24H15ClN2O4. The standard InChI is InChI=1S/C24H15ClN2O4/c25-19-7-4-16(5-8-19)24(29)27-20-3-1-2-15(11-20)10-18(13-26)23(28)17-6-9-21-22(12-17)31-14-30-21/h1-12H,14H2,(H,27,29)/b18-10-. The normalized spacial score (nSPS) is 12.2. The number of carbonyl (C=O) groups excluding carboxylic acids is 2. The van der Waals surface area contributed by atoms with Crippen LogP contribution in [0.15, 0.2) is 72.3 Å². The van der Waals surface area contributed by atoms with Crippen molar-refractivity contribution < 1.29 is 19.1 Å². The molecule has 0 aliphatic carbocycles. The first-order chi connectivity index (χ1) is 15.0. The van der Waals surface area contributed by atoms with E-state index in [1.807, 2.05) is 6.07 Å². The maximum absolute atomic E-state index is 12.8. The summed E-state index contributed by atoms with van der Waals surface area (Å²) in [6, 6.07) is 20.1. The Bertz CT molecular complexity index is 1240. The molecule has 1 aliphatic rings. The van der Waals surface area contributed by atoms with Crippen molar-refractivity contribution in [3.63, 3.8) is 0 Å². The lowest BCUT2D eigenvalue weighted by molar-refractivity contribution is 0.102. The summed E-state index contributed by atoms with van der Waals surface area (Å²) < 4.78 is 10.5. The number of fused-ring (bicyclic) bond motifs is 1. The van der Waals surface area contributed by atoms with E-state index in [9.17, 15) is 14.9 Å². The topological polar surface area (TPSA) is 88.4 Å². The summed E-state index contributed by atoms with van der Waals surface area (Å²) in [4.78, 5) is 25.2. The van der Waals surface area contributed by atoms with Gasteiger partial charge in [0.15, 0.2) is 11.5 Å². The summed E-state index contributed by atoms with van der Waals surface area (Å²) in [5, 5.41) is 12.9. The van der Waals surface area contributed by atoms with Crippen LogP contribution in [0.25, 0.3) is 6.08 Å². The van der Waals surface area contributed by atoms with Gasteiger partial charge in [-0.15, -0.1) is 0 Å². The van der Waals surface area contributed by atoms with E-state index in [2.05, 4.69) is 5.32 Å². The van der Waals surface area contributed by atoms with Crippen LogP contribution < -0.4 is 14.8 Å². The average Bonchev–Trinajstić information content (AvgIpc) is 3.25. The van der Waals surface area contributed by atoms with Crippen molar-refractivity contribution in [2.24, 2.45) is 0 Å². The highest BCUT2D eigenvalue weighted by Gasteiger charge is 2.18. The fourth-order valence-electron chi connectivity index (χ4n) is 3.02.